The largest absolute Gasteiger partial charge is 0.322 e. The first-order chi connectivity index (χ1) is 14.0. The molecule has 4 aliphatic rings. The van der Waals surface area contributed by atoms with Gasteiger partial charge in [-0.05, 0) is 37.3 Å². The zero-order chi connectivity index (χ0) is 20.3. The molecule has 1 saturated carbocycles. The summed E-state index contributed by atoms with van der Waals surface area (Å²) in [6.45, 7) is 8.06. The van der Waals surface area contributed by atoms with Gasteiger partial charge in [0.15, 0.2) is 5.69 Å². The first-order valence-corrected chi connectivity index (χ1v) is 10.0. The third kappa shape index (κ3) is 2.79. The minimum absolute atomic E-state index is 0.0230. The van der Waals surface area contributed by atoms with Crippen LogP contribution in [0.15, 0.2) is 24.3 Å². The van der Waals surface area contributed by atoms with E-state index in [0.717, 1.165) is 24.9 Å². The predicted molar refractivity (Wildman–Crippen MR) is 105 cm³/mol. The zero-order valence-corrected chi connectivity index (χ0v) is 15.9. The minimum Gasteiger partial charge on any atom is -0.322 e. The molecule has 1 unspecified atom stereocenters. The molecule has 3 aliphatic heterocycles. The van der Waals surface area contributed by atoms with Gasteiger partial charge >= 0.3 is 0 Å². The van der Waals surface area contributed by atoms with Crippen molar-refractivity contribution in [2.24, 2.45) is 11.7 Å². The van der Waals surface area contributed by atoms with Gasteiger partial charge in [0, 0.05) is 24.8 Å². The number of amides is 2. The Morgan fingerprint density at radius 3 is 2.72 bits per heavy atom. The summed E-state index contributed by atoms with van der Waals surface area (Å²) in [5, 5.41) is 9.32. The van der Waals surface area contributed by atoms with Gasteiger partial charge in [-0.25, -0.2) is 4.85 Å². The summed E-state index contributed by atoms with van der Waals surface area (Å²) in [4.78, 5) is 34.7. The van der Waals surface area contributed by atoms with E-state index in [9.17, 15) is 14.9 Å². The van der Waals surface area contributed by atoms with E-state index < -0.39 is 6.04 Å². The van der Waals surface area contributed by atoms with Gasteiger partial charge in [-0.3, -0.25) is 14.5 Å². The summed E-state index contributed by atoms with van der Waals surface area (Å²) in [6.07, 6.45) is 2.46. The molecule has 2 bridgehead atoms. The number of rotatable bonds is 4. The van der Waals surface area contributed by atoms with Gasteiger partial charge in [0.05, 0.1) is 30.8 Å². The molecule has 8 heteroatoms. The maximum Gasteiger partial charge on any atom is 0.244 e. The Labute approximate surface area is 169 Å². The molecule has 1 aromatic carbocycles. The minimum atomic E-state index is -0.719. The Hall–Kier alpha value is -2.94. The van der Waals surface area contributed by atoms with Crippen LogP contribution in [0, 0.1) is 23.8 Å². The number of likely N-dealkylation sites (tertiary alicyclic amines) is 2. The number of piperidine rings is 1. The van der Waals surface area contributed by atoms with E-state index in [1.54, 1.807) is 17.0 Å². The fraction of sp³-hybridized carbons (Fsp3) is 0.524. The SMILES string of the molecule is [C-]#[N+]c1ccc(N2C(=O)[C@@H]3C[C@H]2CN3C[C@H](N)C(=O)N2C3C[C@H]3C[C@H]2C#N)cc1. The molecule has 2 N–H and O–H groups in total. The van der Waals surface area contributed by atoms with E-state index in [0.29, 0.717) is 24.7 Å². The Kier molecular flexibility index (Phi) is 4.09. The van der Waals surface area contributed by atoms with E-state index in [2.05, 4.69) is 10.9 Å². The number of carbonyl (C=O) groups excluding carboxylic acids is 2. The monoisotopic (exact) mass is 390 g/mol. The molecular formula is C21H22N6O2. The molecule has 6 atom stereocenters. The van der Waals surface area contributed by atoms with Crippen LogP contribution >= 0.6 is 0 Å². The molecular weight excluding hydrogens is 368 g/mol. The fourth-order valence-corrected chi connectivity index (χ4v) is 5.30. The standard InChI is InChI=1S/C21H22N6O2/c1-24-13-2-4-14(5-3-13)26-16-8-19(21(26)29)25(10-16)11-17(23)20(28)27-15(9-22)6-12-7-18(12)27/h2-5,12,15-19H,6-8,10-11,23H2/t12-,15+,16+,17+,18?,19+/m1/s1. The average Bonchev–Trinajstić information content (AvgIpc) is 3.07. The first kappa shape index (κ1) is 18.1. The number of nitrogens with zero attached hydrogens (tertiary/aromatic N) is 5. The second-order valence-corrected chi connectivity index (χ2v) is 8.49. The zero-order valence-electron chi connectivity index (χ0n) is 15.9. The molecule has 0 spiro atoms. The normalized spacial score (nSPS) is 33.3. The lowest BCUT2D eigenvalue weighted by Gasteiger charge is -2.35. The Morgan fingerprint density at radius 1 is 1.31 bits per heavy atom. The third-order valence-corrected chi connectivity index (χ3v) is 6.78. The molecule has 1 aliphatic carbocycles. The molecule has 8 nitrogen and oxygen atoms in total. The van der Waals surface area contributed by atoms with Crippen molar-refractivity contribution in [2.75, 3.05) is 18.0 Å². The molecule has 4 fully saturated rings. The lowest BCUT2D eigenvalue weighted by molar-refractivity contribution is -0.135. The average molecular weight is 390 g/mol. The van der Waals surface area contributed by atoms with Crippen LogP contribution in [-0.2, 0) is 9.59 Å². The quantitative estimate of drug-likeness (QED) is 0.769. The predicted octanol–water partition coefficient (Wildman–Crippen LogP) is 0.867. The first-order valence-electron chi connectivity index (χ1n) is 10.0. The molecule has 3 saturated heterocycles. The maximum atomic E-state index is 12.9. The summed E-state index contributed by atoms with van der Waals surface area (Å²) >= 11 is 0. The highest BCUT2D eigenvalue weighted by molar-refractivity contribution is 6.01. The highest BCUT2D eigenvalue weighted by Crippen LogP contribution is 2.47. The maximum absolute atomic E-state index is 12.9. The van der Waals surface area contributed by atoms with E-state index in [1.165, 1.54) is 0 Å². The number of hydrogen-bond donors (Lipinski definition) is 1. The van der Waals surface area contributed by atoms with Crippen LogP contribution in [0.25, 0.3) is 4.85 Å². The van der Waals surface area contributed by atoms with E-state index in [4.69, 9.17) is 12.3 Å². The summed E-state index contributed by atoms with van der Waals surface area (Å²) < 4.78 is 0. The summed E-state index contributed by atoms with van der Waals surface area (Å²) in [5.74, 6) is 0.320. The van der Waals surface area contributed by atoms with Gasteiger partial charge < -0.3 is 15.5 Å². The summed E-state index contributed by atoms with van der Waals surface area (Å²) in [7, 11) is 0. The molecule has 29 heavy (non-hydrogen) atoms. The number of carbonyl (C=O) groups is 2. The Morgan fingerprint density at radius 2 is 2.07 bits per heavy atom. The number of benzene rings is 1. The van der Waals surface area contributed by atoms with E-state index in [1.807, 2.05) is 21.9 Å². The summed E-state index contributed by atoms with van der Waals surface area (Å²) in [5.41, 5.74) is 7.59. The topological polar surface area (TPSA) is 98.0 Å². The van der Waals surface area contributed by atoms with Crippen molar-refractivity contribution in [3.05, 3.63) is 35.7 Å². The van der Waals surface area contributed by atoms with Crippen molar-refractivity contribution < 1.29 is 9.59 Å². The van der Waals surface area contributed by atoms with Gasteiger partial charge in [0.2, 0.25) is 11.8 Å². The number of fused-ring (bicyclic) bond motifs is 3. The molecule has 0 aromatic heterocycles. The van der Waals surface area contributed by atoms with Crippen LogP contribution in [0.5, 0.6) is 0 Å². The van der Waals surface area contributed by atoms with Gasteiger partial charge in [-0.2, -0.15) is 5.26 Å². The molecule has 5 rings (SSSR count). The highest BCUT2D eigenvalue weighted by atomic mass is 16.2. The van der Waals surface area contributed by atoms with Crippen molar-refractivity contribution in [3.8, 4) is 6.07 Å². The number of nitriles is 1. The Balaban J connectivity index is 1.24. The van der Waals surface area contributed by atoms with E-state index in [-0.39, 0.29) is 36.0 Å². The van der Waals surface area contributed by atoms with Crippen LogP contribution in [0.4, 0.5) is 11.4 Å². The van der Waals surface area contributed by atoms with Crippen molar-refractivity contribution in [3.63, 3.8) is 0 Å². The van der Waals surface area contributed by atoms with Crippen molar-refractivity contribution in [1.82, 2.24) is 9.80 Å². The smallest absolute Gasteiger partial charge is 0.244 e. The fourth-order valence-electron chi connectivity index (χ4n) is 5.30. The number of nitrogens with two attached hydrogens (primary N) is 1. The number of piperazine rings is 1. The van der Waals surface area contributed by atoms with Crippen LogP contribution in [0.2, 0.25) is 0 Å². The number of hydrogen-bond acceptors (Lipinski definition) is 5. The lowest BCUT2D eigenvalue weighted by Crippen LogP contribution is -2.57. The van der Waals surface area contributed by atoms with Crippen LogP contribution < -0.4 is 10.6 Å². The summed E-state index contributed by atoms with van der Waals surface area (Å²) in [6, 6.07) is 8.20. The molecule has 1 aromatic rings. The molecule has 3 heterocycles. The van der Waals surface area contributed by atoms with E-state index >= 15 is 0 Å². The van der Waals surface area contributed by atoms with Crippen LogP contribution in [-0.4, -0.2) is 64.9 Å². The number of anilines is 1. The molecule has 148 valence electrons. The highest BCUT2D eigenvalue weighted by Gasteiger charge is 2.55. The van der Waals surface area contributed by atoms with Crippen molar-refractivity contribution in [1.29, 1.82) is 5.26 Å². The Bertz CT molecular complexity index is 947. The second-order valence-electron chi connectivity index (χ2n) is 8.49. The van der Waals surface area contributed by atoms with Gasteiger partial charge in [0.1, 0.15) is 6.04 Å². The van der Waals surface area contributed by atoms with Gasteiger partial charge in [-0.1, -0.05) is 12.1 Å². The molecule has 0 radical (unpaired) electrons. The van der Waals surface area contributed by atoms with Gasteiger partial charge in [0.25, 0.3) is 0 Å². The molecule has 2 amide bonds. The van der Waals surface area contributed by atoms with Crippen LogP contribution in [0.1, 0.15) is 19.3 Å². The third-order valence-electron chi connectivity index (χ3n) is 6.78. The van der Waals surface area contributed by atoms with Crippen molar-refractivity contribution in [2.45, 2.75) is 49.5 Å². The second kappa shape index (κ2) is 6.55. The van der Waals surface area contributed by atoms with Gasteiger partial charge in [-0.15, -0.1) is 0 Å². The van der Waals surface area contributed by atoms with Crippen molar-refractivity contribution >= 4 is 23.2 Å². The van der Waals surface area contributed by atoms with Crippen LogP contribution in [0.3, 0.4) is 0 Å². The lowest BCUT2D eigenvalue weighted by atomic mass is 10.1.